The number of nitrogens with one attached hydrogen (secondary N) is 1. The molecule has 0 fully saturated rings. The zero-order chi connectivity index (χ0) is 20.0. The van der Waals surface area contributed by atoms with Gasteiger partial charge in [0, 0.05) is 6.08 Å². The third-order valence-electron chi connectivity index (χ3n) is 3.78. The van der Waals surface area contributed by atoms with Crippen molar-refractivity contribution < 1.29 is 27.5 Å². The zero-order valence-corrected chi connectivity index (χ0v) is 14.6. The first-order chi connectivity index (χ1) is 12.0. The second-order valence-electron chi connectivity index (χ2n) is 6.08. The van der Waals surface area contributed by atoms with Crippen molar-refractivity contribution in [2.45, 2.75) is 32.5 Å². The lowest BCUT2D eigenvalue weighted by Crippen LogP contribution is -2.50. The molecule has 0 aliphatic rings. The number of hydrogen-bond donors (Lipinski definition) is 1. The number of ether oxygens (including phenoxy) is 1. The molecule has 1 aromatic carbocycles. The highest BCUT2D eigenvalue weighted by atomic mass is 19.4. The van der Waals surface area contributed by atoms with Crippen LogP contribution < -0.4 is 5.32 Å². The summed E-state index contributed by atoms with van der Waals surface area (Å²) in [5, 5.41) is 11.6. The largest absolute Gasteiger partial charge is 0.452 e. The van der Waals surface area contributed by atoms with Crippen LogP contribution in [0.1, 0.15) is 31.9 Å². The molecule has 0 bridgehead atoms. The molecule has 26 heavy (non-hydrogen) atoms. The quantitative estimate of drug-likeness (QED) is 0.617. The predicted molar refractivity (Wildman–Crippen MR) is 88.4 cm³/mol. The fraction of sp³-hybridized carbons (Fsp3) is 0.389. The van der Waals surface area contributed by atoms with E-state index in [9.17, 15) is 22.8 Å². The summed E-state index contributed by atoms with van der Waals surface area (Å²) in [6.45, 7) is 4.52. The van der Waals surface area contributed by atoms with Crippen molar-refractivity contribution in [3.05, 3.63) is 41.5 Å². The van der Waals surface area contributed by atoms with Crippen molar-refractivity contribution in [1.82, 2.24) is 5.32 Å². The van der Waals surface area contributed by atoms with E-state index in [1.54, 1.807) is 20.8 Å². The van der Waals surface area contributed by atoms with E-state index in [-0.39, 0.29) is 5.92 Å². The number of nitrogens with zero attached hydrogens (tertiary/aromatic N) is 1. The van der Waals surface area contributed by atoms with E-state index < -0.39 is 35.8 Å². The summed E-state index contributed by atoms with van der Waals surface area (Å²) in [6, 6.07) is 6.20. The normalized spacial score (nSPS) is 13.9. The van der Waals surface area contributed by atoms with E-state index in [1.165, 1.54) is 18.2 Å². The van der Waals surface area contributed by atoms with Gasteiger partial charge in [0.05, 0.1) is 11.6 Å². The summed E-state index contributed by atoms with van der Waals surface area (Å²) in [6.07, 6.45) is -2.15. The smallest absolute Gasteiger partial charge is 0.416 e. The van der Waals surface area contributed by atoms with Crippen LogP contribution in [0.5, 0.6) is 0 Å². The Labute approximate surface area is 149 Å². The minimum Gasteiger partial charge on any atom is -0.452 e. The third-order valence-corrected chi connectivity index (χ3v) is 3.78. The van der Waals surface area contributed by atoms with E-state index in [0.29, 0.717) is 5.56 Å². The number of halogens is 3. The molecule has 0 aromatic heterocycles. The van der Waals surface area contributed by atoms with Crippen LogP contribution in [0.4, 0.5) is 13.2 Å². The monoisotopic (exact) mass is 368 g/mol. The van der Waals surface area contributed by atoms with Crippen molar-refractivity contribution >= 4 is 18.0 Å². The molecular weight excluding hydrogens is 349 g/mol. The van der Waals surface area contributed by atoms with Gasteiger partial charge < -0.3 is 10.1 Å². The van der Waals surface area contributed by atoms with Gasteiger partial charge in [0.15, 0.2) is 6.61 Å². The van der Waals surface area contributed by atoms with E-state index in [1.807, 2.05) is 6.07 Å². The molecule has 1 rings (SSSR count). The molecule has 1 aromatic rings. The van der Waals surface area contributed by atoms with Crippen LogP contribution in [0, 0.1) is 17.2 Å². The average molecular weight is 368 g/mol. The number of hydrogen-bond acceptors (Lipinski definition) is 4. The summed E-state index contributed by atoms with van der Waals surface area (Å²) in [5.74, 6) is -1.60. The standard InChI is InChI=1S/C18H19F3N2O3/c1-12(2)17(3,11-22)23-15(24)10-26-16(25)9-6-13-4-7-14(8-5-13)18(19,20)21/h4-9,12H,10H2,1-3H3,(H,23,24)/b9-6+/t17-/m1/s1. The fourth-order valence-electron chi connectivity index (χ4n) is 1.76. The second kappa shape index (κ2) is 8.52. The first-order valence-corrected chi connectivity index (χ1v) is 7.72. The SMILES string of the molecule is CC(C)[C@@](C)(C#N)NC(=O)COC(=O)/C=C/c1ccc(C(F)(F)F)cc1. The van der Waals surface area contributed by atoms with Gasteiger partial charge in [-0.15, -0.1) is 0 Å². The second-order valence-corrected chi connectivity index (χ2v) is 6.08. The van der Waals surface area contributed by atoms with Gasteiger partial charge in [-0.05, 0) is 36.6 Å². The first kappa shape index (κ1) is 21.2. The summed E-state index contributed by atoms with van der Waals surface area (Å²) < 4.78 is 42.1. The number of carbonyl (C=O) groups excluding carboxylic acids is 2. The minimum atomic E-state index is -4.43. The molecule has 0 spiro atoms. The molecule has 0 aliphatic heterocycles. The van der Waals surface area contributed by atoms with Crippen molar-refractivity contribution in [3.8, 4) is 6.07 Å². The molecule has 0 saturated heterocycles. The Balaban J connectivity index is 2.55. The van der Waals surface area contributed by atoms with Crippen molar-refractivity contribution in [1.29, 1.82) is 5.26 Å². The van der Waals surface area contributed by atoms with Crippen LogP contribution in [0.15, 0.2) is 30.3 Å². The molecule has 1 atom stereocenters. The highest BCUT2D eigenvalue weighted by Crippen LogP contribution is 2.29. The van der Waals surface area contributed by atoms with Gasteiger partial charge in [-0.1, -0.05) is 26.0 Å². The number of esters is 1. The zero-order valence-electron chi connectivity index (χ0n) is 14.6. The molecule has 0 unspecified atom stereocenters. The van der Waals surface area contributed by atoms with Crippen LogP contribution >= 0.6 is 0 Å². The summed E-state index contributed by atoms with van der Waals surface area (Å²) in [7, 11) is 0. The predicted octanol–water partition coefficient (Wildman–Crippen LogP) is 3.32. The van der Waals surface area contributed by atoms with E-state index in [0.717, 1.165) is 18.2 Å². The Bertz CT molecular complexity index is 719. The maximum atomic E-state index is 12.5. The third kappa shape index (κ3) is 6.24. The van der Waals surface area contributed by atoms with Crippen LogP contribution in [0.2, 0.25) is 0 Å². The topological polar surface area (TPSA) is 79.2 Å². The lowest BCUT2D eigenvalue weighted by molar-refractivity contribution is -0.144. The molecule has 0 saturated carbocycles. The number of nitriles is 1. The molecule has 0 heterocycles. The lowest BCUT2D eigenvalue weighted by atomic mass is 9.90. The van der Waals surface area contributed by atoms with Crippen molar-refractivity contribution in [2.24, 2.45) is 5.92 Å². The molecule has 1 amide bonds. The molecule has 5 nitrogen and oxygen atoms in total. The van der Waals surface area contributed by atoms with Gasteiger partial charge >= 0.3 is 12.1 Å². The van der Waals surface area contributed by atoms with Gasteiger partial charge in [-0.2, -0.15) is 18.4 Å². The fourth-order valence-corrected chi connectivity index (χ4v) is 1.76. The Kier molecular flexibility index (Phi) is 6.95. The van der Waals surface area contributed by atoms with Crippen LogP contribution in [-0.2, 0) is 20.5 Å². The van der Waals surface area contributed by atoms with E-state index in [2.05, 4.69) is 5.32 Å². The maximum Gasteiger partial charge on any atom is 0.416 e. The Morgan fingerprint density at radius 3 is 2.31 bits per heavy atom. The van der Waals surface area contributed by atoms with Crippen LogP contribution in [0.3, 0.4) is 0 Å². The maximum absolute atomic E-state index is 12.5. The Morgan fingerprint density at radius 2 is 1.85 bits per heavy atom. The van der Waals surface area contributed by atoms with Gasteiger partial charge in [0.1, 0.15) is 5.54 Å². The van der Waals surface area contributed by atoms with Crippen LogP contribution in [-0.4, -0.2) is 24.0 Å². The van der Waals surface area contributed by atoms with Crippen LogP contribution in [0.25, 0.3) is 6.08 Å². The number of amides is 1. The lowest BCUT2D eigenvalue weighted by Gasteiger charge is -2.27. The summed E-state index contributed by atoms with van der Waals surface area (Å²) in [4.78, 5) is 23.3. The number of alkyl halides is 3. The van der Waals surface area contributed by atoms with Gasteiger partial charge in [-0.3, -0.25) is 4.79 Å². The average Bonchev–Trinajstić information content (AvgIpc) is 2.57. The summed E-state index contributed by atoms with van der Waals surface area (Å²) >= 11 is 0. The van der Waals surface area contributed by atoms with Crippen molar-refractivity contribution in [3.63, 3.8) is 0 Å². The number of carbonyl (C=O) groups is 2. The Hall–Kier alpha value is -2.82. The van der Waals surface area contributed by atoms with Gasteiger partial charge in [0.2, 0.25) is 0 Å². The van der Waals surface area contributed by atoms with E-state index >= 15 is 0 Å². The number of rotatable bonds is 6. The molecule has 8 heteroatoms. The van der Waals surface area contributed by atoms with Crippen molar-refractivity contribution in [2.75, 3.05) is 6.61 Å². The molecule has 0 radical (unpaired) electrons. The van der Waals surface area contributed by atoms with Gasteiger partial charge in [0.25, 0.3) is 5.91 Å². The summed E-state index contributed by atoms with van der Waals surface area (Å²) in [5.41, 5.74) is -1.50. The minimum absolute atomic E-state index is 0.147. The van der Waals surface area contributed by atoms with E-state index in [4.69, 9.17) is 10.00 Å². The molecule has 0 aliphatic carbocycles. The van der Waals surface area contributed by atoms with Gasteiger partial charge in [-0.25, -0.2) is 4.79 Å². The molecular formula is C18H19F3N2O3. The highest BCUT2D eigenvalue weighted by molar-refractivity contribution is 5.89. The Morgan fingerprint density at radius 1 is 1.27 bits per heavy atom. The highest BCUT2D eigenvalue weighted by Gasteiger charge is 2.30. The molecule has 140 valence electrons. The first-order valence-electron chi connectivity index (χ1n) is 7.72. The number of benzene rings is 1. The molecule has 1 N–H and O–H groups in total.